The Bertz CT molecular complexity index is 1070. The molecule has 2 rings (SSSR count). The second-order valence-corrected chi connectivity index (χ2v) is 11.8. The topological polar surface area (TPSA) is 104 Å². The van der Waals surface area contributed by atoms with E-state index in [9.17, 15) is 19.8 Å². The molecule has 0 saturated carbocycles. The summed E-state index contributed by atoms with van der Waals surface area (Å²) < 4.78 is 11.8. The van der Waals surface area contributed by atoms with Crippen LogP contribution in [-0.2, 0) is 30.9 Å². The van der Waals surface area contributed by atoms with Crippen molar-refractivity contribution in [3.8, 4) is 11.8 Å². The fourth-order valence-corrected chi connectivity index (χ4v) is 4.91. The summed E-state index contributed by atoms with van der Waals surface area (Å²) in [5.41, 5.74) is -0.188. The maximum absolute atomic E-state index is 12.3. The van der Waals surface area contributed by atoms with E-state index in [4.69, 9.17) is 4.74 Å². The Kier molecular flexibility index (Phi) is 11.6. The zero-order valence-corrected chi connectivity index (χ0v) is 24.0. The molecule has 0 unspecified atom stereocenters. The van der Waals surface area contributed by atoms with Gasteiger partial charge in [-0.2, -0.15) is 0 Å². The first-order valence-corrected chi connectivity index (χ1v) is 14.0. The van der Waals surface area contributed by atoms with Crippen LogP contribution in [0.1, 0.15) is 92.9 Å². The van der Waals surface area contributed by atoms with Gasteiger partial charge in [-0.05, 0) is 63.2 Å². The normalized spacial score (nSPS) is 12.5. The number of nitrogens with zero attached hydrogens (tertiary/aromatic N) is 4. The van der Waals surface area contributed by atoms with Gasteiger partial charge in [-0.15, -0.1) is 0 Å². The number of aromatic nitrogens is 4. The number of aryl methyl sites for hydroxylation is 2. The lowest BCUT2D eigenvalue weighted by Crippen LogP contribution is -2.29. The van der Waals surface area contributed by atoms with Gasteiger partial charge < -0.3 is 14.9 Å². The Morgan fingerprint density at radius 2 is 1.16 bits per heavy atom. The third-order valence-corrected chi connectivity index (χ3v) is 7.34. The van der Waals surface area contributed by atoms with Crippen LogP contribution in [-0.4, -0.2) is 41.7 Å². The summed E-state index contributed by atoms with van der Waals surface area (Å²) in [6.45, 7) is 16.3. The molecule has 0 atom stereocenters. The molecule has 37 heavy (non-hydrogen) atoms. The third kappa shape index (κ3) is 9.43. The van der Waals surface area contributed by atoms with E-state index in [1.807, 2.05) is 13.8 Å². The number of hydrogen-bond donors (Lipinski definition) is 2. The van der Waals surface area contributed by atoms with E-state index < -0.39 is 0 Å². The lowest BCUT2D eigenvalue weighted by molar-refractivity contribution is 0.119. The first-order valence-electron chi connectivity index (χ1n) is 14.0. The Labute approximate surface area is 221 Å². The van der Waals surface area contributed by atoms with Crippen molar-refractivity contribution in [2.24, 2.45) is 10.8 Å². The SMILES string of the molecule is CCn1cc(O)n(CCCC(C)(C)CCCCOCCCCC(C)(C)Cn2c(O)cn(CC)c2=O)c1=O. The summed E-state index contributed by atoms with van der Waals surface area (Å²) in [6.07, 6.45) is 11.1. The van der Waals surface area contributed by atoms with E-state index in [1.165, 1.54) is 30.7 Å². The van der Waals surface area contributed by atoms with E-state index in [0.717, 1.165) is 64.6 Å². The number of imidazole rings is 2. The highest BCUT2D eigenvalue weighted by atomic mass is 16.5. The van der Waals surface area contributed by atoms with Gasteiger partial charge in [0.25, 0.3) is 0 Å². The van der Waals surface area contributed by atoms with Gasteiger partial charge in [0.1, 0.15) is 0 Å². The van der Waals surface area contributed by atoms with E-state index in [2.05, 4.69) is 27.7 Å². The standard InChI is InChI=1S/C28H50N4O5/c1-7-29-20-23(33)31(25(29)35)17-13-16-27(3,4)14-9-11-18-37-19-12-10-15-28(5,6)22-32-24(34)21-30(8-2)26(32)36/h20-21,33-34H,7-19,22H2,1-6H3. The minimum atomic E-state index is -0.152. The summed E-state index contributed by atoms with van der Waals surface area (Å²) in [6, 6.07) is 0. The molecule has 2 N–H and O–H groups in total. The van der Waals surface area contributed by atoms with Crippen molar-refractivity contribution in [1.29, 1.82) is 0 Å². The van der Waals surface area contributed by atoms with Crippen LogP contribution in [0.3, 0.4) is 0 Å². The highest BCUT2D eigenvalue weighted by molar-refractivity contribution is 5.06. The number of rotatable bonds is 18. The van der Waals surface area contributed by atoms with Crippen LogP contribution >= 0.6 is 0 Å². The molecule has 0 aliphatic heterocycles. The predicted molar refractivity (Wildman–Crippen MR) is 147 cm³/mol. The molecule has 0 aliphatic rings. The highest BCUT2D eigenvalue weighted by Crippen LogP contribution is 2.30. The fourth-order valence-electron chi connectivity index (χ4n) is 4.91. The lowest BCUT2D eigenvalue weighted by atomic mass is 9.83. The Hall–Kier alpha value is -2.42. The Morgan fingerprint density at radius 3 is 1.68 bits per heavy atom. The molecule has 0 bridgehead atoms. The van der Waals surface area contributed by atoms with Gasteiger partial charge in [0.2, 0.25) is 11.8 Å². The first-order chi connectivity index (χ1) is 17.4. The van der Waals surface area contributed by atoms with Crippen molar-refractivity contribution in [2.75, 3.05) is 13.2 Å². The molecule has 0 fully saturated rings. The summed E-state index contributed by atoms with van der Waals surface area (Å²) >= 11 is 0. The predicted octanol–water partition coefficient (Wildman–Crippen LogP) is 4.95. The van der Waals surface area contributed by atoms with Crippen LogP contribution in [0.4, 0.5) is 0 Å². The van der Waals surface area contributed by atoms with Crippen LogP contribution in [0.2, 0.25) is 0 Å². The minimum Gasteiger partial charge on any atom is -0.493 e. The second-order valence-electron chi connectivity index (χ2n) is 11.8. The van der Waals surface area contributed by atoms with E-state index in [0.29, 0.717) is 26.2 Å². The van der Waals surface area contributed by atoms with Crippen molar-refractivity contribution < 1.29 is 14.9 Å². The molecule has 0 spiro atoms. The number of aromatic hydroxyl groups is 2. The fraction of sp³-hybridized carbons (Fsp3) is 0.786. The zero-order chi connectivity index (χ0) is 27.6. The molecule has 0 radical (unpaired) electrons. The van der Waals surface area contributed by atoms with Crippen molar-refractivity contribution in [2.45, 2.75) is 119 Å². The average molecular weight is 523 g/mol. The van der Waals surface area contributed by atoms with Gasteiger partial charge in [0.05, 0.1) is 12.4 Å². The van der Waals surface area contributed by atoms with Crippen LogP contribution in [0.5, 0.6) is 11.8 Å². The maximum atomic E-state index is 12.3. The van der Waals surface area contributed by atoms with Crippen molar-refractivity contribution in [1.82, 2.24) is 18.3 Å². The Balaban J connectivity index is 1.56. The van der Waals surface area contributed by atoms with Gasteiger partial charge in [-0.3, -0.25) is 18.3 Å². The molecule has 9 heteroatoms. The Morgan fingerprint density at radius 1 is 0.703 bits per heavy atom. The minimum absolute atomic E-state index is 0.0351. The highest BCUT2D eigenvalue weighted by Gasteiger charge is 2.22. The van der Waals surface area contributed by atoms with E-state index >= 15 is 0 Å². The molecule has 2 aromatic rings. The van der Waals surface area contributed by atoms with E-state index in [-0.39, 0.29) is 34.0 Å². The maximum Gasteiger partial charge on any atom is 0.331 e. The molecule has 212 valence electrons. The van der Waals surface area contributed by atoms with Crippen LogP contribution in [0.25, 0.3) is 0 Å². The summed E-state index contributed by atoms with van der Waals surface area (Å²) in [5, 5.41) is 20.1. The second kappa shape index (κ2) is 13.9. The quantitative estimate of drug-likeness (QED) is 0.270. The van der Waals surface area contributed by atoms with Crippen molar-refractivity contribution in [3.05, 3.63) is 33.4 Å². The van der Waals surface area contributed by atoms with Crippen molar-refractivity contribution in [3.63, 3.8) is 0 Å². The number of unbranched alkanes of at least 4 members (excludes halogenated alkanes) is 2. The molecule has 0 saturated heterocycles. The summed E-state index contributed by atoms with van der Waals surface area (Å²) in [7, 11) is 0. The van der Waals surface area contributed by atoms with Crippen LogP contribution in [0.15, 0.2) is 22.0 Å². The number of hydrogen-bond acceptors (Lipinski definition) is 5. The molecule has 0 aromatic carbocycles. The first kappa shape index (κ1) is 30.8. The average Bonchev–Trinajstić information content (AvgIpc) is 3.26. The van der Waals surface area contributed by atoms with Crippen LogP contribution in [0, 0.1) is 10.8 Å². The molecule has 0 amide bonds. The van der Waals surface area contributed by atoms with Gasteiger partial charge >= 0.3 is 11.4 Å². The molecular weight excluding hydrogens is 472 g/mol. The van der Waals surface area contributed by atoms with E-state index in [1.54, 1.807) is 0 Å². The summed E-state index contributed by atoms with van der Waals surface area (Å²) in [4.78, 5) is 24.5. The van der Waals surface area contributed by atoms with Gasteiger partial charge in [-0.25, -0.2) is 9.59 Å². The molecule has 0 aliphatic carbocycles. The molecule has 2 heterocycles. The van der Waals surface area contributed by atoms with Gasteiger partial charge in [0, 0.05) is 39.4 Å². The van der Waals surface area contributed by atoms with Crippen LogP contribution < -0.4 is 11.4 Å². The lowest BCUT2D eigenvalue weighted by Gasteiger charge is -2.25. The third-order valence-electron chi connectivity index (χ3n) is 7.34. The van der Waals surface area contributed by atoms with Gasteiger partial charge in [0.15, 0.2) is 0 Å². The summed E-state index contributed by atoms with van der Waals surface area (Å²) in [5.74, 6) is 0.0831. The van der Waals surface area contributed by atoms with Crippen molar-refractivity contribution >= 4 is 0 Å². The molecule has 9 nitrogen and oxygen atoms in total. The smallest absolute Gasteiger partial charge is 0.331 e. The molecular formula is C28H50N4O5. The zero-order valence-electron chi connectivity index (χ0n) is 24.0. The number of ether oxygens (including phenoxy) is 1. The monoisotopic (exact) mass is 522 g/mol. The molecule has 2 aromatic heterocycles. The largest absolute Gasteiger partial charge is 0.493 e. The van der Waals surface area contributed by atoms with Gasteiger partial charge in [-0.1, -0.05) is 40.5 Å².